The Morgan fingerprint density at radius 2 is 2.05 bits per heavy atom. The molecule has 39 heavy (non-hydrogen) atoms. The van der Waals surface area contributed by atoms with Gasteiger partial charge in [-0.25, -0.2) is 13.8 Å². The Bertz CT molecular complexity index is 1500. The maximum absolute atomic E-state index is 13.7. The molecule has 1 aromatic carbocycles. The minimum absolute atomic E-state index is 0.0374. The number of anilines is 1. The van der Waals surface area contributed by atoms with Crippen molar-refractivity contribution in [2.75, 3.05) is 26.0 Å². The van der Waals surface area contributed by atoms with Crippen LogP contribution in [-0.4, -0.2) is 95.6 Å². The fourth-order valence-corrected chi connectivity index (χ4v) is 4.08. The van der Waals surface area contributed by atoms with E-state index in [1.165, 1.54) is 29.7 Å². The van der Waals surface area contributed by atoms with Crippen molar-refractivity contribution in [3.8, 4) is 23.0 Å². The summed E-state index contributed by atoms with van der Waals surface area (Å²) < 4.78 is 40.8. The summed E-state index contributed by atoms with van der Waals surface area (Å²) in [4.78, 5) is 25.1. The summed E-state index contributed by atoms with van der Waals surface area (Å²) in [5.74, 6) is -3.18. The lowest BCUT2D eigenvalue weighted by molar-refractivity contribution is -0.137. The summed E-state index contributed by atoms with van der Waals surface area (Å²) in [6, 6.07) is 7.13. The van der Waals surface area contributed by atoms with E-state index < -0.39 is 42.9 Å². The molecule has 4 N–H and O–H groups in total. The Labute approximate surface area is 219 Å². The van der Waals surface area contributed by atoms with Crippen LogP contribution in [0.25, 0.3) is 28.4 Å². The van der Waals surface area contributed by atoms with Gasteiger partial charge in [-0.1, -0.05) is 17.3 Å². The van der Waals surface area contributed by atoms with Gasteiger partial charge in [0.2, 0.25) is 0 Å². The van der Waals surface area contributed by atoms with E-state index >= 15 is 0 Å². The summed E-state index contributed by atoms with van der Waals surface area (Å²) in [7, 11) is 2.90. The van der Waals surface area contributed by atoms with Crippen molar-refractivity contribution in [2.24, 2.45) is 0 Å². The van der Waals surface area contributed by atoms with Crippen LogP contribution in [0.3, 0.4) is 0 Å². The Hall–Kier alpha value is -4.28. The van der Waals surface area contributed by atoms with Gasteiger partial charge in [-0.2, -0.15) is 14.6 Å². The number of alkyl halides is 2. The predicted octanol–water partition coefficient (Wildman–Crippen LogP) is 0.515. The SMILES string of the molecule is CNC(=O)[C@H]1O[C@@H](n2cnc3c(NCC(C)(F)F)nc(-n4cc(-c5cccc(OC)c5)nn4)nc32)[C@H](O)[C@@H]1O. The molecule has 0 bridgehead atoms. The molecule has 4 atom stereocenters. The van der Waals surface area contributed by atoms with E-state index in [4.69, 9.17) is 9.47 Å². The summed E-state index contributed by atoms with van der Waals surface area (Å²) in [5.41, 5.74) is 1.32. The van der Waals surface area contributed by atoms with E-state index in [1.807, 2.05) is 0 Å². The lowest BCUT2D eigenvalue weighted by Crippen LogP contribution is -2.41. The van der Waals surface area contributed by atoms with Crippen LogP contribution in [0.15, 0.2) is 36.8 Å². The first-order valence-corrected chi connectivity index (χ1v) is 11.8. The normalized spacial score (nSPS) is 21.3. The maximum Gasteiger partial charge on any atom is 0.262 e. The molecular weight excluding hydrogens is 520 g/mol. The number of halogens is 2. The molecule has 1 aliphatic heterocycles. The lowest BCUT2D eigenvalue weighted by atomic mass is 10.1. The minimum Gasteiger partial charge on any atom is -0.497 e. The van der Waals surface area contributed by atoms with Crippen LogP contribution in [0.4, 0.5) is 14.6 Å². The van der Waals surface area contributed by atoms with Gasteiger partial charge in [0.15, 0.2) is 29.3 Å². The zero-order valence-electron chi connectivity index (χ0n) is 21.0. The summed E-state index contributed by atoms with van der Waals surface area (Å²) in [6.45, 7) is -0.00337. The Kier molecular flexibility index (Phi) is 6.83. The first-order valence-electron chi connectivity index (χ1n) is 11.8. The number of hydrogen-bond donors (Lipinski definition) is 4. The van der Waals surface area contributed by atoms with Crippen molar-refractivity contribution in [1.29, 1.82) is 0 Å². The first-order chi connectivity index (χ1) is 18.6. The van der Waals surface area contributed by atoms with Crippen LogP contribution in [-0.2, 0) is 9.53 Å². The van der Waals surface area contributed by atoms with E-state index in [9.17, 15) is 23.8 Å². The van der Waals surface area contributed by atoms with Crippen LogP contribution < -0.4 is 15.4 Å². The van der Waals surface area contributed by atoms with E-state index in [0.717, 1.165) is 6.92 Å². The molecule has 0 spiro atoms. The number of aliphatic hydroxyl groups is 2. The Balaban J connectivity index is 1.58. The van der Waals surface area contributed by atoms with Gasteiger partial charge in [-0.15, -0.1) is 5.10 Å². The van der Waals surface area contributed by atoms with Gasteiger partial charge in [0.05, 0.1) is 26.2 Å². The van der Waals surface area contributed by atoms with E-state index in [-0.39, 0.29) is 22.9 Å². The average Bonchev–Trinajstić information content (AvgIpc) is 3.65. The number of nitrogens with one attached hydrogen (secondary N) is 2. The number of nitrogens with zero attached hydrogens (tertiary/aromatic N) is 7. The topological polar surface area (TPSA) is 174 Å². The minimum atomic E-state index is -3.07. The fourth-order valence-electron chi connectivity index (χ4n) is 4.08. The number of benzene rings is 1. The molecule has 3 aromatic heterocycles. The van der Waals surface area contributed by atoms with Crippen LogP contribution in [0.1, 0.15) is 13.2 Å². The van der Waals surface area contributed by atoms with Crippen LogP contribution >= 0.6 is 0 Å². The smallest absolute Gasteiger partial charge is 0.262 e. The van der Waals surface area contributed by atoms with Crippen molar-refractivity contribution in [1.82, 2.24) is 39.8 Å². The second kappa shape index (κ2) is 10.1. The second-order valence-corrected chi connectivity index (χ2v) is 8.94. The predicted molar refractivity (Wildman–Crippen MR) is 131 cm³/mol. The number of carbonyl (C=O) groups excluding carboxylic acids is 1. The van der Waals surface area contributed by atoms with Gasteiger partial charge < -0.3 is 30.3 Å². The monoisotopic (exact) mass is 545 g/mol. The van der Waals surface area contributed by atoms with Crippen molar-refractivity contribution < 1.29 is 33.3 Å². The number of amides is 1. The highest BCUT2D eigenvalue weighted by atomic mass is 19.3. The summed E-state index contributed by atoms with van der Waals surface area (Å²) in [5, 5.41) is 34.2. The van der Waals surface area contributed by atoms with Gasteiger partial charge in [-0.05, 0) is 12.1 Å². The zero-order valence-corrected chi connectivity index (χ0v) is 21.0. The number of aliphatic hydroxyl groups excluding tert-OH is 2. The standard InChI is InChI=1S/C23H25F2N9O5/c1-23(24,25)9-27-18-14-19(33(10-28-14)21-16(36)15(35)17(39-21)20(37)26-2)30-22(29-18)34-8-13(31-32-34)11-5-4-6-12(7-11)38-3/h4-8,10,15-17,21,35-36H,9H2,1-3H3,(H,26,37)(H,27,29,30)/t15-,16+,17-,21+/m0/s1. The number of fused-ring (bicyclic) bond motifs is 1. The average molecular weight is 546 g/mol. The van der Waals surface area contributed by atoms with Crippen LogP contribution in [0.5, 0.6) is 5.75 Å². The van der Waals surface area contributed by atoms with Crippen LogP contribution in [0, 0.1) is 0 Å². The molecule has 206 valence electrons. The van der Waals surface area contributed by atoms with Gasteiger partial charge in [-0.3, -0.25) is 9.36 Å². The van der Waals surface area contributed by atoms with Crippen molar-refractivity contribution in [3.05, 3.63) is 36.8 Å². The quantitative estimate of drug-likeness (QED) is 0.243. The molecule has 1 saturated heterocycles. The fraction of sp³-hybridized carbons (Fsp3) is 0.391. The number of carbonyl (C=O) groups is 1. The number of rotatable bonds is 8. The molecule has 16 heteroatoms. The molecule has 5 rings (SSSR count). The number of likely N-dealkylation sites (N-methyl/N-ethyl adjacent to an activating group) is 1. The highest BCUT2D eigenvalue weighted by Gasteiger charge is 2.47. The van der Waals surface area contributed by atoms with Crippen LogP contribution in [0.2, 0.25) is 0 Å². The molecule has 4 heterocycles. The largest absolute Gasteiger partial charge is 0.497 e. The third-order valence-electron chi connectivity index (χ3n) is 6.06. The third kappa shape index (κ3) is 5.08. The number of hydrogen-bond acceptors (Lipinski definition) is 11. The van der Waals surface area contributed by atoms with E-state index in [1.54, 1.807) is 30.5 Å². The third-order valence-corrected chi connectivity index (χ3v) is 6.06. The highest BCUT2D eigenvalue weighted by molar-refractivity contribution is 5.84. The lowest BCUT2D eigenvalue weighted by Gasteiger charge is -2.17. The molecule has 0 radical (unpaired) electrons. The molecule has 14 nitrogen and oxygen atoms in total. The van der Waals surface area contributed by atoms with Gasteiger partial charge in [0.25, 0.3) is 17.8 Å². The molecule has 1 amide bonds. The molecule has 0 saturated carbocycles. The summed E-state index contributed by atoms with van der Waals surface area (Å²) >= 11 is 0. The Morgan fingerprint density at radius 3 is 2.77 bits per heavy atom. The summed E-state index contributed by atoms with van der Waals surface area (Å²) in [6.07, 6.45) is -2.89. The molecule has 1 fully saturated rings. The zero-order chi connectivity index (χ0) is 27.9. The molecule has 0 aliphatic carbocycles. The van der Waals surface area contributed by atoms with Gasteiger partial charge in [0, 0.05) is 19.5 Å². The maximum atomic E-state index is 13.7. The van der Waals surface area contributed by atoms with E-state index in [0.29, 0.717) is 17.0 Å². The molecular formula is C23H25F2N9O5. The van der Waals surface area contributed by atoms with Gasteiger partial charge >= 0.3 is 0 Å². The van der Waals surface area contributed by atoms with E-state index in [2.05, 4.69) is 35.9 Å². The Morgan fingerprint density at radius 1 is 1.26 bits per heavy atom. The number of imidazole rings is 1. The number of ether oxygens (including phenoxy) is 2. The van der Waals surface area contributed by atoms with Crippen molar-refractivity contribution in [2.45, 2.75) is 37.4 Å². The van der Waals surface area contributed by atoms with Gasteiger partial charge in [0.1, 0.15) is 23.7 Å². The molecule has 0 unspecified atom stereocenters. The second-order valence-electron chi connectivity index (χ2n) is 8.94. The van der Waals surface area contributed by atoms with Crippen molar-refractivity contribution >= 4 is 22.9 Å². The number of aromatic nitrogens is 7. The van der Waals surface area contributed by atoms with Crippen molar-refractivity contribution in [3.63, 3.8) is 0 Å². The molecule has 1 aliphatic rings. The highest BCUT2D eigenvalue weighted by Crippen LogP contribution is 2.33. The number of methoxy groups -OCH3 is 1. The molecule has 4 aromatic rings. The first kappa shape index (κ1) is 26.3.